The lowest BCUT2D eigenvalue weighted by molar-refractivity contribution is 0.0922. The molecule has 1 aliphatic heterocycles. The number of ether oxygens (including phenoxy) is 1. The number of hydrogen-bond acceptors (Lipinski definition) is 7. The van der Waals surface area contributed by atoms with E-state index in [2.05, 4.69) is 64.9 Å². The summed E-state index contributed by atoms with van der Waals surface area (Å²) in [5.74, 6) is 1.77. The van der Waals surface area contributed by atoms with Gasteiger partial charge in [-0.25, -0.2) is 9.97 Å². The van der Waals surface area contributed by atoms with Gasteiger partial charge in [0.15, 0.2) is 0 Å². The first-order chi connectivity index (χ1) is 18.0. The van der Waals surface area contributed by atoms with Crippen molar-refractivity contribution < 1.29 is 9.53 Å². The van der Waals surface area contributed by atoms with E-state index in [9.17, 15) is 4.79 Å². The van der Waals surface area contributed by atoms with E-state index in [0.717, 1.165) is 77.4 Å². The molecule has 0 unspecified atom stereocenters. The van der Waals surface area contributed by atoms with E-state index in [4.69, 9.17) is 9.72 Å². The lowest BCUT2D eigenvalue weighted by Gasteiger charge is -2.30. The second-order valence-corrected chi connectivity index (χ2v) is 10.9. The first kappa shape index (κ1) is 23.7. The van der Waals surface area contributed by atoms with Crippen molar-refractivity contribution in [3.05, 3.63) is 65.2 Å². The Labute approximate surface area is 220 Å². The summed E-state index contributed by atoms with van der Waals surface area (Å²) in [6, 6.07) is 17.0. The van der Waals surface area contributed by atoms with Crippen LogP contribution in [-0.2, 0) is 6.42 Å². The standard InChI is InChI=1S/C29H31N5O2S/c1-34(2)25-16-27(32-23-6-4-3-5-22(23)25)30-20-8-10-21(11-9-20)31-28(35)24-17-37-29(33-24)19-7-12-26-18(15-19)13-14-36-26/h3-7,12,15-17,20-21H,8-11,13-14H2,1-2H3,(H,30,32)(H,31,35)/t20-,21+. The van der Waals surface area contributed by atoms with E-state index < -0.39 is 0 Å². The smallest absolute Gasteiger partial charge is 0.270 e. The zero-order valence-corrected chi connectivity index (χ0v) is 22.0. The second kappa shape index (κ2) is 10.0. The number of pyridine rings is 1. The van der Waals surface area contributed by atoms with Crippen molar-refractivity contribution in [2.45, 2.75) is 44.2 Å². The molecule has 0 spiro atoms. The summed E-state index contributed by atoms with van der Waals surface area (Å²) >= 11 is 1.51. The number of benzene rings is 2. The molecule has 4 aromatic rings. The minimum absolute atomic E-state index is 0.0878. The number of rotatable bonds is 6. The molecule has 0 bridgehead atoms. The summed E-state index contributed by atoms with van der Waals surface area (Å²) < 4.78 is 5.60. The van der Waals surface area contributed by atoms with Crippen molar-refractivity contribution in [2.24, 2.45) is 0 Å². The minimum Gasteiger partial charge on any atom is -0.493 e. The molecule has 0 atom stereocenters. The van der Waals surface area contributed by atoms with Gasteiger partial charge in [-0.1, -0.05) is 18.2 Å². The van der Waals surface area contributed by atoms with Crippen LogP contribution in [0, 0.1) is 0 Å². The summed E-state index contributed by atoms with van der Waals surface area (Å²) in [4.78, 5) is 24.5. The highest BCUT2D eigenvalue weighted by molar-refractivity contribution is 7.13. The normalized spacial score (nSPS) is 18.8. The Kier molecular flexibility index (Phi) is 6.42. The van der Waals surface area contributed by atoms with Crippen LogP contribution in [-0.4, -0.2) is 48.7 Å². The van der Waals surface area contributed by atoms with Crippen LogP contribution >= 0.6 is 11.3 Å². The predicted molar refractivity (Wildman–Crippen MR) is 150 cm³/mol. The maximum Gasteiger partial charge on any atom is 0.270 e. The fourth-order valence-electron chi connectivity index (χ4n) is 5.28. The van der Waals surface area contributed by atoms with Crippen LogP contribution in [0.2, 0.25) is 0 Å². The zero-order chi connectivity index (χ0) is 25.4. The third-order valence-electron chi connectivity index (χ3n) is 7.26. The summed E-state index contributed by atoms with van der Waals surface area (Å²) in [5, 5.41) is 10.7. The highest BCUT2D eigenvalue weighted by atomic mass is 32.1. The number of fused-ring (bicyclic) bond motifs is 2. The van der Waals surface area contributed by atoms with E-state index in [1.807, 2.05) is 23.6 Å². The van der Waals surface area contributed by atoms with Crippen molar-refractivity contribution in [1.29, 1.82) is 0 Å². The van der Waals surface area contributed by atoms with Gasteiger partial charge in [0, 0.05) is 60.7 Å². The molecule has 1 amide bonds. The van der Waals surface area contributed by atoms with Gasteiger partial charge in [-0.3, -0.25) is 4.79 Å². The lowest BCUT2D eigenvalue weighted by Crippen LogP contribution is -2.40. The molecule has 0 radical (unpaired) electrons. The Balaban J connectivity index is 1.05. The van der Waals surface area contributed by atoms with E-state index in [-0.39, 0.29) is 11.9 Å². The summed E-state index contributed by atoms with van der Waals surface area (Å²) in [5.41, 5.74) is 4.90. The van der Waals surface area contributed by atoms with Crippen LogP contribution in [0.3, 0.4) is 0 Å². The van der Waals surface area contributed by atoms with Crippen LogP contribution in [0.1, 0.15) is 41.7 Å². The predicted octanol–water partition coefficient (Wildman–Crippen LogP) is 5.51. The second-order valence-electron chi connectivity index (χ2n) is 10.1. The van der Waals surface area contributed by atoms with E-state index in [0.29, 0.717) is 11.7 Å². The number of carbonyl (C=O) groups is 1. The van der Waals surface area contributed by atoms with Crippen molar-refractivity contribution in [2.75, 3.05) is 30.9 Å². The van der Waals surface area contributed by atoms with Gasteiger partial charge in [0.1, 0.15) is 22.3 Å². The van der Waals surface area contributed by atoms with Crippen molar-refractivity contribution in [3.63, 3.8) is 0 Å². The van der Waals surface area contributed by atoms with E-state index in [1.165, 1.54) is 16.9 Å². The van der Waals surface area contributed by atoms with Gasteiger partial charge in [0.25, 0.3) is 5.91 Å². The quantitative estimate of drug-likeness (QED) is 0.354. The highest BCUT2D eigenvalue weighted by Crippen LogP contribution is 2.32. The topological polar surface area (TPSA) is 79.4 Å². The van der Waals surface area contributed by atoms with Gasteiger partial charge in [-0.2, -0.15) is 0 Å². The molecule has 2 aromatic carbocycles. The fourth-order valence-corrected chi connectivity index (χ4v) is 6.08. The fraction of sp³-hybridized carbons (Fsp3) is 0.345. The molecule has 2 aliphatic rings. The lowest BCUT2D eigenvalue weighted by atomic mass is 9.91. The average molecular weight is 514 g/mol. The Morgan fingerprint density at radius 1 is 1.03 bits per heavy atom. The summed E-state index contributed by atoms with van der Waals surface area (Å²) in [7, 11) is 4.12. The number of carbonyl (C=O) groups excluding carboxylic acids is 1. The van der Waals surface area contributed by atoms with E-state index >= 15 is 0 Å². The number of aromatic nitrogens is 2. The molecule has 3 heterocycles. The number of amides is 1. The molecule has 7 nitrogen and oxygen atoms in total. The molecule has 1 saturated carbocycles. The number of anilines is 2. The molecule has 6 rings (SSSR count). The molecule has 1 fully saturated rings. The number of nitrogens with one attached hydrogen (secondary N) is 2. The molecule has 190 valence electrons. The first-order valence-electron chi connectivity index (χ1n) is 12.9. The Bertz CT molecular complexity index is 1440. The first-order valence-corrected chi connectivity index (χ1v) is 13.8. The van der Waals surface area contributed by atoms with Crippen LogP contribution in [0.15, 0.2) is 53.9 Å². The van der Waals surface area contributed by atoms with Gasteiger partial charge in [-0.15, -0.1) is 11.3 Å². The molecule has 0 saturated heterocycles. The van der Waals surface area contributed by atoms with Gasteiger partial charge in [0.05, 0.1) is 12.1 Å². The van der Waals surface area contributed by atoms with Gasteiger partial charge >= 0.3 is 0 Å². The van der Waals surface area contributed by atoms with Crippen molar-refractivity contribution in [3.8, 4) is 16.3 Å². The summed E-state index contributed by atoms with van der Waals surface area (Å²) in [6.45, 7) is 0.734. The SMILES string of the molecule is CN(C)c1cc(N[C@H]2CC[C@@H](NC(=O)c3csc(-c4ccc5c(c4)CCO5)n3)CC2)nc2ccccc12. The Morgan fingerprint density at radius 3 is 2.68 bits per heavy atom. The third-order valence-corrected chi connectivity index (χ3v) is 8.16. The molecule has 2 aromatic heterocycles. The zero-order valence-electron chi connectivity index (χ0n) is 21.2. The van der Waals surface area contributed by atoms with Crippen molar-refractivity contribution >= 4 is 39.7 Å². The van der Waals surface area contributed by atoms with E-state index in [1.54, 1.807) is 0 Å². The molecule has 8 heteroatoms. The maximum absolute atomic E-state index is 12.9. The molecule has 2 N–H and O–H groups in total. The average Bonchev–Trinajstić information content (AvgIpc) is 3.59. The van der Waals surface area contributed by atoms with Crippen LogP contribution < -0.4 is 20.3 Å². The number of para-hydroxylation sites is 1. The monoisotopic (exact) mass is 513 g/mol. The van der Waals surface area contributed by atoms with Crippen LogP contribution in [0.5, 0.6) is 5.75 Å². The number of nitrogens with zero attached hydrogens (tertiary/aromatic N) is 3. The van der Waals surface area contributed by atoms with Crippen molar-refractivity contribution in [1.82, 2.24) is 15.3 Å². The molecular formula is C29H31N5O2S. The van der Waals surface area contributed by atoms with Crippen LogP contribution in [0.4, 0.5) is 11.5 Å². The summed E-state index contributed by atoms with van der Waals surface area (Å²) in [6.07, 6.45) is 4.75. The van der Waals surface area contributed by atoms with Crippen LogP contribution in [0.25, 0.3) is 21.5 Å². The highest BCUT2D eigenvalue weighted by Gasteiger charge is 2.24. The third kappa shape index (κ3) is 4.98. The Hall–Kier alpha value is -3.65. The largest absolute Gasteiger partial charge is 0.493 e. The maximum atomic E-state index is 12.9. The molecular weight excluding hydrogens is 482 g/mol. The molecule has 1 aliphatic carbocycles. The number of thiazole rings is 1. The van der Waals surface area contributed by atoms with Gasteiger partial charge in [-0.05, 0) is 55.5 Å². The van der Waals surface area contributed by atoms with Gasteiger partial charge in [0.2, 0.25) is 0 Å². The van der Waals surface area contributed by atoms with Gasteiger partial charge < -0.3 is 20.3 Å². The minimum atomic E-state index is -0.0878. The Morgan fingerprint density at radius 2 is 1.84 bits per heavy atom. The molecule has 37 heavy (non-hydrogen) atoms. The number of hydrogen-bond donors (Lipinski definition) is 2.